The lowest BCUT2D eigenvalue weighted by molar-refractivity contribution is 0.0782. The Bertz CT molecular complexity index is 81.3. The Morgan fingerprint density at radius 2 is 2.20 bits per heavy atom. The predicted octanol–water partition coefficient (Wildman–Crippen LogP) is 1.47. The van der Waals surface area contributed by atoms with Crippen molar-refractivity contribution >= 4 is 0 Å². The van der Waals surface area contributed by atoms with Gasteiger partial charge in [-0.15, -0.1) is 6.58 Å². The van der Waals surface area contributed by atoms with Gasteiger partial charge < -0.3 is 9.47 Å². The van der Waals surface area contributed by atoms with Gasteiger partial charge in [-0.3, -0.25) is 0 Å². The minimum atomic E-state index is 0.477. The van der Waals surface area contributed by atoms with Gasteiger partial charge in [0.15, 0.2) is 0 Å². The Morgan fingerprint density at radius 3 is 2.70 bits per heavy atom. The van der Waals surface area contributed by atoms with Crippen LogP contribution in [-0.2, 0) is 9.47 Å². The van der Waals surface area contributed by atoms with Gasteiger partial charge in [0.05, 0.1) is 19.8 Å². The fourth-order valence-electron chi connectivity index (χ4n) is 0.685. The average Bonchev–Trinajstić information content (AvgIpc) is 1.89. The number of ether oxygens (including phenoxy) is 2. The van der Waals surface area contributed by atoms with Crippen LogP contribution in [0.5, 0.6) is 0 Å². The summed E-state index contributed by atoms with van der Waals surface area (Å²) in [6, 6.07) is 0. The van der Waals surface area contributed by atoms with Gasteiger partial charge in [0, 0.05) is 13.0 Å². The van der Waals surface area contributed by atoms with E-state index in [1.54, 1.807) is 13.2 Å². The van der Waals surface area contributed by atoms with Crippen LogP contribution in [0, 0.1) is 5.92 Å². The van der Waals surface area contributed by atoms with E-state index in [1.165, 1.54) is 0 Å². The van der Waals surface area contributed by atoms with E-state index in [-0.39, 0.29) is 0 Å². The Balaban J connectivity index is 3.04. The standard InChI is InChI=1S/C8H16O2/c1-4-5-10-7-8(2)6-9-3/h4,8H,1,5-7H2,2-3H3. The molecule has 0 heterocycles. The molecule has 0 aromatic rings. The van der Waals surface area contributed by atoms with Gasteiger partial charge >= 0.3 is 0 Å². The van der Waals surface area contributed by atoms with E-state index >= 15 is 0 Å². The lowest BCUT2D eigenvalue weighted by Crippen LogP contribution is -2.11. The van der Waals surface area contributed by atoms with Crippen LogP contribution in [-0.4, -0.2) is 26.9 Å². The van der Waals surface area contributed by atoms with E-state index in [1.807, 2.05) is 0 Å². The summed E-state index contributed by atoms with van der Waals surface area (Å²) in [6.07, 6.45) is 1.75. The average molecular weight is 144 g/mol. The molecule has 0 aliphatic heterocycles. The minimum Gasteiger partial charge on any atom is -0.384 e. The molecule has 0 aliphatic carbocycles. The molecular weight excluding hydrogens is 128 g/mol. The molecule has 0 saturated carbocycles. The van der Waals surface area contributed by atoms with Crippen LogP contribution in [0.3, 0.4) is 0 Å². The van der Waals surface area contributed by atoms with Gasteiger partial charge in [0.1, 0.15) is 0 Å². The summed E-state index contributed by atoms with van der Waals surface area (Å²) < 4.78 is 10.1. The summed E-state index contributed by atoms with van der Waals surface area (Å²) in [5.41, 5.74) is 0. The summed E-state index contributed by atoms with van der Waals surface area (Å²) in [5, 5.41) is 0. The van der Waals surface area contributed by atoms with E-state index in [4.69, 9.17) is 9.47 Å². The van der Waals surface area contributed by atoms with Gasteiger partial charge in [-0.2, -0.15) is 0 Å². The predicted molar refractivity (Wildman–Crippen MR) is 42.1 cm³/mol. The molecular formula is C8H16O2. The molecule has 0 amide bonds. The molecule has 0 aliphatic rings. The van der Waals surface area contributed by atoms with Crippen LogP contribution < -0.4 is 0 Å². The van der Waals surface area contributed by atoms with E-state index < -0.39 is 0 Å². The summed E-state index contributed by atoms with van der Waals surface area (Å²) in [6.45, 7) is 7.78. The Kier molecular flexibility index (Phi) is 6.55. The molecule has 1 unspecified atom stereocenters. The van der Waals surface area contributed by atoms with Crippen molar-refractivity contribution in [2.24, 2.45) is 5.92 Å². The second-order valence-corrected chi connectivity index (χ2v) is 2.39. The molecule has 0 aromatic carbocycles. The molecule has 2 heteroatoms. The third-order valence-corrected chi connectivity index (χ3v) is 1.09. The van der Waals surface area contributed by atoms with Crippen molar-refractivity contribution in [2.45, 2.75) is 6.92 Å². The molecule has 0 N–H and O–H groups in total. The second kappa shape index (κ2) is 6.78. The van der Waals surface area contributed by atoms with Crippen molar-refractivity contribution in [1.29, 1.82) is 0 Å². The quantitative estimate of drug-likeness (QED) is 0.415. The lowest BCUT2D eigenvalue weighted by Gasteiger charge is -2.08. The number of hydrogen-bond acceptors (Lipinski definition) is 2. The summed E-state index contributed by atoms with van der Waals surface area (Å²) in [5.74, 6) is 0.477. The van der Waals surface area contributed by atoms with E-state index in [2.05, 4.69) is 13.5 Å². The molecule has 60 valence electrons. The first-order chi connectivity index (χ1) is 4.81. The van der Waals surface area contributed by atoms with Gasteiger partial charge in [0.25, 0.3) is 0 Å². The normalized spacial score (nSPS) is 13.0. The lowest BCUT2D eigenvalue weighted by atomic mass is 10.2. The van der Waals surface area contributed by atoms with E-state index in [9.17, 15) is 0 Å². The Hall–Kier alpha value is -0.340. The van der Waals surface area contributed by atoms with Crippen molar-refractivity contribution in [3.8, 4) is 0 Å². The maximum atomic E-state index is 5.20. The van der Waals surface area contributed by atoms with Crippen LogP contribution in [0.15, 0.2) is 12.7 Å². The Morgan fingerprint density at radius 1 is 1.50 bits per heavy atom. The van der Waals surface area contributed by atoms with Gasteiger partial charge in [-0.1, -0.05) is 13.0 Å². The van der Waals surface area contributed by atoms with E-state index in [0.29, 0.717) is 12.5 Å². The maximum absolute atomic E-state index is 5.20. The molecule has 0 saturated heterocycles. The number of methoxy groups -OCH3 is 1. The van der Waals surface area contributed by atoms with Crippen LogP contribution in [0.2, 0.25) is 0 Å². The van der Waals surface area contributed by atoms with Gasteiger partial charge in [-0.05, 0) is 0 Å². The minimum absolute atomic E-state index is 0.477. The molecule has 1 atom stereocenters. The van der Waals surface area contributed by atoms with Crippen LogP contribution in [0.25, 0.3) is 0 Å². The van der Waals surface area contributed by atoms with Crippen molar-refractivity contribution < 1.29 is 9.47 Å². The van der Waals surface area contributed by atoms with Crippen LogP contribution >= 0.6 is 0 Å². The zero-order valence-corrected chi connectivity index (χ0v) is 6.80. The number of rotatable bonds is 6. The van der Waals surface area contributed by atoms with Crippen molar-refractivity contribution in [3.63, 3.8) is 0 Å². The molecule has 0 fully saturated rings. The molecule has 0 bridgehead atoms. The van der Waals surface area contributed by atoms with Crippen molar-refractivity contribution in [3.05, 3.63) is 12.7 Å². The highest BCUT2D eigenvalue weighted by molar-refractivity contribution is 4.64. The highest BCUT2D eigenvalue weighted by Gasteiger charge is 1.98. The molecule has 0 spiro atoms. The van der Waals surface area contributed by atoms with Crippen LogP contribution in [0.1, 0.15) is 6.92 Å². The monoisotopic (exact) mass is 144 g/mol. The molecule has 2 nitrogen and oxygen atoms in total. The first-order valence-corrected chi connectivity index (χ1v) is 3.48. The third kappa shape index (κ3) is 5.79. The molecule has 0 aromatic heterocycles. The SMILES string of the molecule is C=CCOCC(C)COC. The fraction of sp³-hybridized carbons (Fsp3) is 0.750. The molecule has 0 radical (unpaired) electrons. The topological polar surface area (TPSA) is 18.5 Å². The zero-order chi connectivity index (χ0) is 7.82. The van der Waals surface area contributed by atoms with Crippen molar-refractivity contribution in [1.82, 2.24) is 0 Å². The first kappa shape index (κ1) is 9.66. The summed E-state index contributed by atoms with van der Waals surface area (Å²) in [7, 11) is 1.70. The zero-order valence-electron chi connectivity index (χ0n) is 6.80. The number of hydrogen-bond donors (Lipinski definition) is 0. The van der Waals surface area contributed by atoms with Crippen LogP contribution in [0.4, 0.5) is 0 Å². The third-order valence-electron chi connectivity index (χ3n) is 1.09. The van der Waals surface area contributed by atoms with Gasteiger partial charge in [0.2, 0.25) is 0 Å². The summed E-state index contributed by atoms with van der Waals surface area (Å²) in [4.78, 5) is 0. The second-order valence-electron chi connectivity index (χ2n) is 2.39. The molecule has 10 heavy (non-hydrogen) atoms. The van der Waals surface area contributed by atoms with Crippen molar-refractivity contribution in [2.75, 3.05) is 26.9 Å². The molecule has 0 rings (SSSR count). The largest absolute Gasteiger partial charge is 0.384 e. The smallest absolute Gasteiger partial charge is 0.0644 e. The van der Waals surface area contributed by atoms with Gasteiger partial charge in [-0.25, -0.2) is 0 Å². The maximum Gasteiger partial charge on any atom is 0.0644 e. The highest BCUT2D eigenvalue weighted by Crippen LogP contribution is 1.95. The highest BCUT2D eigenvalue weighted by atomic mass is 16.5. The first-order valence-electron chi connectivity index (χ1n) is 3.48. The summed E-state index contributed by atoms with van der Waals surface area (Å²) >= 11 is 0. The fourth-order valence-corrected chi connectivity index (χ4v) is 0.685. The Labute approximate surface area is 62.8 Å². The van der Waals surface area contributed by atoms with E-state index in [0.717, 1.165) is 13.2 Å².